The maximum Gasteiger partial charge on any atom is 0.313 e. The minimum atomic E-state index is -0.442. The van der Waals surface area contributed by atoms with E-state index in [1.54, 1.807) is 0 Å². The fourth-order valence-electron chi connectivity index (χ4n) is 0.385. The molecule has 4 nitrogen and oxygen atoms in total. The molecule has 0 unspecified atom stereocenters. The van der Waals surface area contributed by atoms with Crippen LogP contribution in [-0.2, 0) is 14.3 Å². The largest absolute Gasteiger partial charge is 0.512 e. The highest BCUT2D eigenvalue weighted by Gasteiger charge is 2.04. The summed E-state index contributed by atoms with van der Waals surface area (Å²) in [5.41, 5.74) is 0. The molecule has 0 bridgehead atoms. The van der Waals surface area contributed by atoms with Gasteiger partial charge in [0.15, 0.2) is 0 Å². The normalized spacial score (nSPS) is 10.8. The average molecular weight is 146 g/mol. The van der Waals surface area contributed by atoms with Crippen LogP contribution in [0.5, 0.6) is 0 Å². The van der Waals surface area contributed by atoms with Gasteiger partial charge in [0.25, 0.3) is 0 Å². The fourth-order valence-corrected chi connectivity index (χ4v) is 0.385. The average Bonchev–Trinajstić information content (AvgIpc) is 1.99. The van der Waals surface area contributed by atoms with E-state index in [9.17, 15) is 4.79 Å². The Morgan fingerprint density at radius 1 is 1.50 bits per heavy atom. The van der Waals surface area contributed by atoms with Gasteiger partial charge in [-0.2, -0.15) is 0 Å². The Bertz CT molecular complexity index is 139. The van der Waals surface area contributed by atoms with Crippen LogP contribution < -0.4 is 0 Å². The van der Waals surface area contributed by atoms with Crippen LogP contribution in [0.25, 0.3) is 0 Å². The summed E-state index contributed by atoms with van der Waals surface area (Å²) in [5, 5.41) is 8.38. The monoisotopic (exact) mass is 146 g/mol. The Hall–Kier alpha value is -1.19. The molecule has 0 saturated heterocycles. The molecule has 0 aromatic carbocycles. The second-order valence-electron chi connectivity index (χ2n) is 1.55. The van der Waals surface area contributed by atoms with Crippen molar-refractivity contribution < 1.29 is 19.4 Å². The molecule has 0 aromatic heterocycles. The van der Waals surface area contributed by atoms with Crippen molar-refractivity contribution in [2.24, 2.45) is 0 Å². The van der Waals surface area contributed by atoms with Crippen LogP contribution in [0, 0.1) is 0 Å². The molecule has 0 aliphatic rings. The fraction of sp³-hybridized carbons (Fsp3) is 0.500. The van der Waals surface area contributed by atoms with Gasteiger partial charge in [-0.05, 0) is 0 Å². The Morgan fingerprint density at radius 2 is 2.10 bits per heavy atom. The van der Waals surface area contributed by atoms with Crippen molar-refractivity contribution in [3.63, 3.8) is 0 Å². The number of aliphatic hydroxyl groups is 1. The predicted octanol–water partition coefficient (Wildman–Crippen LogP) is 0.595. The van der Waals surface area contributed by atoms with E-state index >= 15 is 0 Å². The molecule has 0 heterocycles. The van der Waals surface area contributed by atoms with Crippen LogP contribution in [0.4, 0.5) is 0 Å². The maximum atomic E-state index is 10.5. The van der Waals surface area contributed by atoms with E-state index in [0.717, 1.165) is 6.26 Å². The number of carbonyl (C=O) groups excluding carboxylic acids is 1. The summed E-state index contributed by atoms with van der Waals surface area (Å²) in [6, 6.07) is 0. The summed E-state index contributed by atoms with van der Waals surface area (Å²) in [6.07, 6.45) is 0.695. The molecule has 0 aliphatic heterocycles. The third-order valence-electron chi connectivity index (χ3n) is 0.952. The van der Waals surface area contributed by atoms with Gasteiger partial charge in [-0.25, -0.2) is 0 Å². The molecule has 0 radical (unpaired) electrons. The number of methoxy groups -OCH3 is 2. The lowest BCUT2D eigenvalue weighted by atomic mass is 10.4. The molecule has 10 heavy (non-hydrogen) atoms. The minimum absolute atomic E-state index is 0.0382. The van der Waals surface area contributed by atoms with E-state index in [-0.39, 0.29) is 12.2 Å². The van der Waals surface area contributed by atoms with Gasteiger partial charge < -0.3 is 14.6 Å². The first-order chi connectivity index (χ1) is 4.74. The minimum Gasteiger partial charge on any atom is -0.512 e. The van der Waals surface area contributed by atoms with Crippen molar-refractivity contribution in [1.82, 2.24) is 0 Å². The van der Waals surface area contributed by atoms with Crippen LogP contribution in [0.15, 0.2) is 12.0 Å². The van der Waals surface area contributed by atoms with Crippen LogP contribution in [0.1, 0.15) is 6.42 Å². The summed E-state index contributed by atoms with van der Waals surface area (Å²) < 4.78 is 8.90. The second-order valence-corrected chi connectivity index (χ2v) is 1.55. The number of aliphatic hydroxyl groups excluding tert-OH is 1. The first kappa shape index (κ1) is 8.81. The molecule has 0 rings (SSSR count). The molecular weight excluding hydrogens is 136 g/mol. The number of hydrogen-bond acceptors (Lipinski definition) is 4. The van der Waals surface area contributed by atoms with Gasteiger partial charge in [0.2, 0.25) is 0 Å². The Morgan fingerprint density at radius 3 is 2.40 bits per heavy atom. The number of hydrogen-bond donors (Lipinski definition) is 1. The van der Waals surface area contributed by atoms with E-state index in [1.165, 1.54) is 14.2 Å². The topological polar surface area (TPSA) is 55.8 Å². The molecule has 0 spiro atoms. The highest BCUT2D eigenvalue weighted by atomic mass is 16.5. The summed E-state index contributed by atoms with van der Waals surface area (Å²) in [4.78, 5) is 10.5. The number of esters is 1. The molecule has 0 aromatic rings. The van der Waals surface area contributed by atoms with Gasteiger partial charge in [-0.1, -0.05) is 0 Å². The third kappa shape index (κ3) is 2.96. The number of ether oxygens (including phenoxy) is 2. The van der Waals surface area contributed by atoms with Gasteiger partial charge in [0.1, 0.15) is 18.4 Å². The van der Waals surface area contributed by atoms with E-state index in [0.29, 0.717) is 0 Å². The van der Waals surface area contributed by atoms with Crippen LogP contribution in [0.3, 0.4) is 0 Å². The molecule has 0 atom stereocenters. The lowest BCUT2D eigenvalue weighted by Gasteiger charge is -2.01. The van der Waals surface area contributed by atoms with Crippen molar-refractivity contribution in [3.05, 3.63) is 12.0 Å². The van der Waals surface area contributed by atoms with E-state index in [1.807, 2.05) is 0 Å². The summed E-state index contributed by atoms with van der Waals surface area (Å²) in [5.74, 6) is -0.256. The second kappa shape index (κ2) is 4.67. The standard InChI is InChI=1S/C6H10O4/c1-9-5(4-7)3-6(8)10-2/h4,7H,3H2,1-2H3/b5-4+. The molecule has 0 aliphatic carbocycles. The molecule has 0 fully saturated rings. The lowest BCUT2D eigenvalue weighted by Crippen LogP contribution is -2.02. The van der Waals surface area contributed by atoms with Gasteiger partial charge >= 0.3 is 5.97 Å². The van der Waals surface area contributed by atoms with Gasteiger partial charge in [-0.15, -0.1) is 0 Å². The summed E-state index contributed by atoms with van der Waals surface area (Å²) >= 11 is 0. The molecular formula is C6H10O4. The zero-order chi connectivity index (χ0) is 7.98. The van der Waals surface area contributed by atoms with Crippen molar-refractivity contribution in [3.8, 4) is 0 Å². The van der Waals surface area contributed by atoms with Gasteiger partial charge in [0.05, 0.1) is 14.2 Å². The number of rotatable bonds is 3. The Kier molecular flexibility index (Phi) is 4.11. The lowest BCUT2D eigenvalue weighted by molar-refractivity contribution is -0.140. The first-order valence-corrected chi connectivity index (χ1v) is 2.68. The summed E-state index contributed by atoms with van der Waals surface area (Å²) in [6.45, 7) is 0. The Balaban J connectivity index is 3.76. The van der Waals surface area contributed by atoms with E-state index in [4.69, 9.17) is 5.11 Å². The molecule has 1 N–H and O–H groups in total. The molecule has 0 amide bonds. The van der Waals surface area contributed by atoms with Crippen LogP contribution in [0.2, 0.25) is 0 Å². The molecule has 0 saturated carbocycles. The van der Waals surface area contributed by atoms with E-state index < -0.39 is 5.97 Å². The highest BCUT2D eigenvalue weighted by molar-refractivity contribution is 5.71. The van der Waals surface area contributed by atoms with Gasteiger partial charge in [-0.3, -0.25) is 4.79 Å². The van der Waals surface area contributed by atoms with Crippen molar-refractivity contribution in [2.45, 2.75) is 6.42 Å². The zero-order valence-electron chi connectivity index (χ0n) is 5.96. The predicted molar refractivity (Wildman–Crippen MR) is 34.4 cm³/mol. The van der Waals surface area contributed by atoms with Gasteiger partial charge in [0, 0.05) is 0 Å². The molecule has 4 heteroatoms. The van der Waals surface area contributed by atoms with Crippen molar-refractivity contribution in [2.75, 3.05) is 14.2 Å². The van der Waals surface area contributed by atoms with Crippen LogP contribution >= 0.6 is 0 Å². The smallest absolute Gasteiger partial charge is 0.313 e. The SMILES string of the molecule is COC(=O)C/C(=C\O)OC. The quantitative estimate of drug-likeness (QED) is 0.467. The number of carbonyl (C=O) groups is 1. The highest BCUT2D eigenvalue weighted by Crippen LogP contribution is 2.00. The van der Waals surface area contributed by atoms with Crippen molar-refractivity contribution >= 4 is 5.97 Å². The third-order valence-corrected chi connectivity index (χ3v) is 0.952. The summed E-state index contributed by atoms with van der Waals surface area (Å²) in [7, 11) is 2.64. The maximum absolute atomic E-state index is 10.5. The first-order valence-electron chi connectivity index (χ1n) is 2.68. The van der Waals surface area contributed by atoms with E-state index in [2.05, 4.69) is 9.47 Å². The van der Waals surface area contributed by atoms with Crippen LogP contribution in [-0.4, -0.2) is 25.3 Å². The molecule has 58 valence electrons. The van der Waals surface area contributed by atoms with Crippen molar-refractivity contribution in [1.29, 1.82) is 0 Å². The Labute approximate surface area is 59.1 Å². The zero-order valence-corrected chi connectivity index (χ0v) is 5.96.